The van der Waals surface area contributed by atoms with Crippen LogP contribution in [0, 0.1) is 11.3 Å². The highest BCUT2D eigenvalue weighted by Gasteiger charge is 2.33. The van der Waals surface area contributed by atoms with E-state index in [1.807, 2.05) is 23.2 Å². The summed E-state index contributed by atoms with van der Waals surface area (Å²) in [7, 11) is 0. The Balaban J connectivity index is 1.80. The van der Waals surface area contributed by atoms with E-state index in [0.717, 1.165) is 37.9 Å². The highest BCUT2D eigenvalue weighted by atomic mass is 16.2. The molecule has 2 rings (SSSR count). The summed E-state index contributed by atoms with van der Waals surface area (Å²) in [6.07, 6.45) is 7.27. The monoisotopic (exact) mass is 274 g/mol. The van der Waals surface area contributed by atoms with E-state index in [-0.39, 0.29) is 0 Å². The van der Waals surface area contributed by atoms with E-state index in [1.54, 1.807) is 6.20 Å². The lowest BCUT2D eigenvalue weighted by Crippen LogP contribution is -2.44. The first-order chi connectivity index (χ1) is 9.51. The van der Waals surface area contributed by atoms with Crippen LogP contribution in [-0.2, 0) is 11.2 Å². The molecule has 0 unspecified atom stereocenters. The lowest BCUT2D eigenvalue weighted by molar-refractivity contribution is -0.133. The fourth-order valence-electron chi connectivity index (χ4n) is 2.80. The Bertz CT molecular complexity index is 434. The van der Waals surface area contributed by atoms with Crippen molar-refractivity contribution in [3.8, 4) is 0 Å². The number of nitrogens with zero attached hydrogens (tertiary/aromatic N) is 2. The first kappa shape index (κ1) is 15.0. The molecule has 1 aliphatic rings. The minimum absolute atomic E-state index is 0.291. The maximum Gasteiger partial charge on any atom is 0.222 e. The number of hydrogen-bond donors (Lipinski definition) is 0. The van der Waals surface area contributed by atoms with Gasteiger partial charge in [-0.3, -0.25) is 9.78 Å². The number of rotatable bonds is 4. The van der Waals surface area contributed by atoms with Gasteiger partial charge in [0, 0.05) is 31.9 Å². The summed E-state index contributed by atoms with van der Waals surface area (Å²) in [5, 5.41) is 0. The number of carbonyl (C=O) groups is 1. The number of piperidine rings is 1. The summed E-state index contributed by atoms with van der Waals surface area (Å²) < 4.78 is 0. The van der Waals surface area contributed by atoms with Gasteiger partial charge in [0.15, 0.2) is 0 Å². The maximum atomic E-state index is 12.3. The van der Waals surface area contributed by atoms with E-state index in [9.17, 15) is 4.79 Å². The zero-order valence-corrected chi connectivity index (χ0v) is 12.9. The van der Waals surface area contributed by atoms with Crippen molar-refractivity contribution in [3.05, 3.63) is 30.1 Å². The van der Waals surface area contributed by atoms with E-state index < -0.39 is 0 Å². The van der Waals surface area contributed by atoms with Gasteiger partial charge in [-0.1, -0.05) is 26.8 Å². The number of amides is 1. The summed E-state index contributed by atoms with van der Waals surface area (Å²) in [5.41, 5.74) is 1.55. The van der Waals surface area contributed by atoms with Crippen LogP contribution in [0.5, 0.6) is 0 Å². The van der Waals surface area contributed by atoms with Gasteiger partial charge in [0.25, 0.3) is 0 Å². The quantitative estimate of drug-likeness (QED) is 0.844. The van der Waals surface area contributed by atoms with E-state index >= 15 is 0 Å². The summed E-state index contributed by atoms with van der Waals surface area (Å²) >= 11 is 0. The van der Waals surface area contributed by atoms with Crippen molar-refractivity contribution >= 4 is 5.91 Å². The third kappa shape index (κ3) is 3.59. The zero-order valence-electron chi connectivity index (χ0n) is 12.9. The molecule has 0 aliphatic carbocycles. The Kier molecular flexibility index (Phi) is 4.79. The van der Waals surface area contributed by atoms with E-state index in [2.05, 4.69) is 25.8 Å². The molecule has 0 N–H and O–H groups in total. The van der Waals surface area contributed by atoms with Crippen LogP contribution in [0.4, 0.5) is 0 Å². The van der Waals surface area contributed by atoms with Crippen LogP contribution >= 0.6 is 0 Å². The summed E-state index contributed by atoms with van der Waals surface area (Å²) in [5.74, 6) is 0.981. The molecule has 3 nitrogen and oxygen atoms in total. The van der Waals surface area contributed by atoms with Crippen molar-refractivity contribution in [1.82, 2.24) is 9.88 Å². The summed E-state index contributed by atoms with van der Waals surface area (Å²) in [6.45, 7) is 8.77. The lowest BCUT2D eigenvalue weighted by atomic mass is 9.72. The molecule has 0 aromatic carbocycles. The molecule has 0 radical (unpaired) electrons. The molecule has 1 aliphatic heterocycles. The van der Waals surface area contributed by atoms with Crippen molar-refractivity contribution in [1.29, 1.82) is 0 Å². The molecular formula is C17H26N2O. The molecule has 1 aromatic rings. The van der Waals surface area contributed by atoms with Crippen molar-refractivity contribution in [2.75, 3.05) is 13.1 Å². The van der Waals surface area contributed by atoms with Gasteiger partial charge in [-0.15, -0.1) is 0 Å². The zero-order chi connectivity index (χ0) is 14.6. The Morgan fingerprint density at radius 1 is 1.40 bits per heavy atom. The van der Waals surface area contributed by atoms with E-state index in [4.69, 9.17) is 0 Å². The van der Waals surface area contributed by atoms with Gasteiger partial charge >= 0.3 is 0 Å². The second-order valence-corrected chi connectivity index (χ2v) is 6.55. The van der Waals surface area contributed by atoms with Gasteiger partial charge in [0.2, 0.25) is 5.91 Å². The third-order valence-corrected chi connectivity index (χ3v) is 5.00. The van der Waals surface area contributed by atoms with Gasteiger partial charge in [-0.2, -0.15) is 0 Å². The van der Waals surface area contributed by atoms with Gasteiger partial charge < -0.3 is 4.90 Å². The first-order valence-electron chi connectivity index (χ1n) is 7.68. The highest BCUT2D eigenvalue weighted by molar-refractivity contribution is 5.76. The van der Waals surface area contributed by atoms with Crippen LogP contribution in [-0.4, -0.2) is 28.9 Å². The van der Waals surface area contributed by atoms with Crippen molar-refractivity contribution in [2.45, 2.75) is 46.5 Å². The SMILES string of the molecule is CC(C)C1(C)CCN(C(=O)CCc2cccnc2)CC1. The minimum atomic E-state index is 0.291. The van der Waals surface area contributed by atoms with Crippen LogP contribution in [0.2, 0.25) is 0 Å². The molecule has 3 heteroatoms. The highest BCUT2D eigenvalue weighted by Crippen LogP contribution is 2.38. The molecule has 0 bridgehead atoms. The molecule has 2 heterocycles. The van der Waals surface area contributed by atoms with Gasteiger partial charge in [0.05, 0.1) is 0 Å². The van der Waals surface area contributed by atoms with Crippen LogP contribution in [0.3, 0.4) is 0 Å². The van der Waals surface area contributed by atoms with Crippen LogP contribution in [0.25, 0.3) is 0 Å². The van der Waals surface area contributed by atoms with Crippen molar-refractivity contribution in [3.63, 3.8) is 0 Å². The Morgan fingerprint density at radius 3 is 2.65 bits per heavy atom. The van der Waals surface area contributed by atoms with Gasteiger partial charge in [-0.25, -0.2) is 0 Å². The van der Waals surface area contributed by atoms with Gasteiger partial charge in [-0.05, 0) is 42.2 Å². The van der Waals surface area contributed by atoms with Crippen molar-refractivity contribution < 1.29 is 4.79 Å². The Labute approximate surface area is 122 Å². The van der Waals surface area contributed by atoms with Crippen LogP contribution in [0.1, 0.15) is 45.6 Å². The van der Waals surface area contributed by atoms with E-state index in [0.29, 0.717) is 23.7 Å². The molecule has 1 fully saturated rings. The number of hydrogen-bond acceptors (Lipinski definition) is 2. The van der Waals surface area contributed by atoms with Crippen LogP contribution in [0.15, 0.2) is 24.5 Å². The smallest absolute Gasteiger partial charge is 0.222 e. The maximum absolute atomic E-state index is 12.3. The number of pyridine rings is 1. The number of aromatic nitrogens is 1. The molecule has 0 atom stereocenters. The minimum Gasteiger partial charge on any atom is -0.343 e. The second-order valence-electron chi connectivity index (χ2n) is 6.55. The fourth-order valence-corrected chi connectivity index (χ4v) is 2.80. The summed E-state index contributed by atoms with van der Waals surface area (Å²) in [6, 6.07) is 3.96. The lowest BCUT2D eigenvalue weighted by Gasteiger charge is -2.42. The second kappa shape index (κ2) is 6.38. The topological polar surface area (TPSA) is 33.2 Å². The predicted molar refractivity (Wildman–Crippen MR) is 81.3 cm³/mol. The Morgan fingerprint density at radius 2 is 2.10 bits per heavy atom. The third-order valence-electron chi connectivity index (χ3n) is 5.00. The molecule has 1 amide bonds. The largest absolute Gasteiger partial charge is 0.343 e. The fraction of sp³-hybridized carbons (Fsp3) is 0.647. The van der Waals surface area contributed by atoms with Gasteiger partial charge in [0.1, 0.15) is 0 Å². The molecule has 1 saturated heterocycles. The molecule has 110 valence electrons. The molecule has 1 aromatic heterocycles. The Hall–Kier alpha value is -1.38. The molecule has 0 saturated carbocycles. The molecular weight excluding hydrogens is 248 g/mol. The molecule has 0 spiro atoms. The number of carbonyl (C=O) groups excluding carboxylic acids is 1. The average molecular weight is 274 g/mol. The molecule has 20 heavy (non-hydrogen) atoms. The first-order valence-corrected chi connectivity index (χ1v) is 7.68. The standard InChI is InChI=1S/C17H26N2O/c1-14(2)17(3)8-11-19(12-9-17)16(20)7-6-15-5-4-10-18-13-15/h4-5,10,13-14H,6-9,11-12H2,1-3H3. The normalized spacial score (nSPS) is 18.3. The van der Waals surface area contributed by atoms with Crippen molar-refractivity contribution in [2.24, 2.45) is 11.3 Å². The number of likely N-dealkylation sites (tertiary alicyclic amines) is 1. The summed E-state index contributed by atoms with van der Waals surface area (Å²) in [4.78, 5) is 18.4. The van der Waals surface area contributed by atoms with E-state index in [1.165, 1.54) is 0 Å². The number of aryl methyl sites for hydroxylation is 1. The van der Waals surface area contributed by atoms with Crippen LogP contribution < -0.4 is 0 Å². The average Bonchev–Trinajstić information content (AvgIpc) is 2.46. The predicted octanol–water partition coefficient (Wildman–Crippen LogP) is 3.30.